The molecular weight excluding hydrogens is 204 g/mol. The summed E-state index contributed by atoms with van der Waals surface area (Å²) in [6, 6.07) is 13.1. The lowest BCUT2D eigenvalue weighted by Crippen LogP contribution is -2.06. The monoisotopic (exact) mass is 214 g/mol. The molecule has 16 heavy (non-hydrogen) atoms. The molecule has 3 nitrogen and oxygen atoms in total. The molecular formula is C13H10O3. The molecule has 80 valence electrons. The minimum atomic E-state index is -0.381. The second-order valence-electron chi connectivity index (χ2n) is 3.73. The Kier molecular flexibility index (Phi) is 2.11. The van der Waals surface area contributed by atoms with E-state index < -0.39 is 0 Å². The molecule has 0 bridgehead atoms. The summed E-state index contributed by atoms with van der Waals surface area (Å²) < 4.78 is 10.4. The predicted molar refractivity (Wildman–Crippen MR) is 57.1 cm³/mol. The number of ether oxygens (including phenoxy) is 1. The molecule has 0 spiro atoms. The van der Waals surface area contributed by atoms with Crippen LogP contribution in [0.3, 0.4) is 0 Å². The van der Waals surface area contributed by atoms with Gasteiger partial charge in [0.15, 0.2) is 11.9 Å². The van der Waals surface area contributed by atoms with Gasteiger partial charge in [-0.1, -0.05) is 30.3 Å². The molecule has 0 aliphatic carbocycles. The maximum Gasteiger partial charge on any atom is 0.229 e. The van der Waals surface area contributed by atoms with Crippen molar-refractivity contribution in [2.24, 2.45) is 0 Å². The first-order chi connectivity index (χ1) is 7.86. The van der Waals surface area contributed by atoms with Crippen molar-refractivity contribution in [2.75, 3.05) is 0 Å². The highest BCUT2D eigenvalue weighted by Gasteiger charge is 2.47. The summed E-state index contributed by atoms with van der Waals surface area (Å²) in [6.45, 7) is 0. The summed E-state index contributed by atoms with van der Waals surface area (Å²) in [5.74, 6) is 0.280. The van der Waals surface area contributed by atoms with Gasteiger partial charge in [0.25, 0.3) is 0 Å². The van der Waals surface area contributed by atoms with Gasteiger partial charge in [-0.25, -0.2) is 0 Å². The fourth-order valence-electron chi connectivity index (χ4n) is 1.77. The minimum absolute atomic E-state index is 0.0844. The zero-order valence-electron chi connectivity index (χ0n) is 8.50. The average Bonchev–Trinajstić information content (AvgIpc) is 2.95. The summed E-state index contributed by atoms with van der Waals surface area (Å²) in [5.41, 5.74) is 1.03. The van der Waals surface area contributed by atoms with Crippen molar-refractivity contribution in [2.45, 2.75) is 12.2 Å². The van der Waals surface area contributed by atoms with Crippen LogP contribution in [0.5, 0.6) is 0 Å². The Balaban J connectivity index is 1.75. The molecule has 1 aliphatic rings. The molecule has 0 saturated carbocycles. The summed E-state index contributed by atoms with van der Waals surface area (Å²) in [6.07, 6.45) is 1.000. The maximum absolute atomic E-state index is 11.8. The van der Waals surface area contributed by atoms with E-state index in [1.165, 1.54) is 6.26 Å². The summed E-state index contributed by atoms with van der Waals surface area (Å²) in [7, 11) is 0. The topological polar surface area (TPSA) is 42.7 Å². The number of Topliss-reactive ketones (excluding diaryl/α,β-unsaturated/α-hetero) is 1. The van der Waals surface area contributed by atoms with Crippen LogP contribution in [0.4, 0.5) is 0 Å². The van der Waals surface area contributed by atoms with Crippen LogP contribution >= 0.6 is 0 Å². The van der Waals surface area contributed by atoms with Crippen LogP contribution < -0.4 is 0 Å². The Morgan fingerprint density at radius 2 is 1.88 bits per heavy atom. The Morgan fingerprint density at radius 3 is 2.56 bits per heavy atom. The van der Waals surface area contributed by atoms with Gasteiger partial charge in [0.2, 0.25) is 5.78 Å². The van der Waals surface area contributed by atoms with Crippen molar-refractivity contribution in [3.05, 3.63) is 60.1 Å². The highest BCUT2D eigenvalue weighted by atomic mass is 16.6. The lowest BCUT2D eigenvalue weighted by Gasteiger charge is -1.93. The fourth-order valence-corrected chi connectivity index (χ4v) is 1.77. The highest BCUT2D eigenvalue weighted by Crippen LogP contribution is 2.40. The van der Waals surface area contributed by atoms with Gasteiger partial charge in [0.05, 0.1) is 6.26 Å². The van der Waals surface area contributed by atoms with Crippen molar-refractivity contribution >= 4 is 5.78 Å². The number of hydrogen-bond donors (Lipinski definition) is 0. The van der Waals surface area contributed by atoms with Gasteiger partial charge >= 0.3 is 0 Å². The van der Waals surface area contributed by atoms with Gasteiger partial charge < -0.3 is 9.15 Å². The zero-order chi connectivity index (χ0) is 11.0. The zero-order valence-corrected chi connectivity index (χ0v) is 8.50. The van der Waals surface area contributed by atoms with E-state index in [1.807, 2.05) is 30.3 Å². The molecule has 0 N–H and O–H groups in total. The number of carbonyl (C=O) groups excluding carboxylic acids is 1. The number of benzene rings is 1. The summed E-state index contributed by atoms with van der Waals surface area (Å²) in [4.78, 5) is 11.8. The van der Waals surface area contributed by atoms with Crippen LogP contribution in [0.2, 0.25) is 0 Å². The molecule has 2 heterocycles. The molecule has 2 aromatic rings. The molecule has 3 rings (SSSR count). The molecule has 3 heteroatoms. The first kappa shape index (κ1) is 9.36. The van der Waals surface area contributed by atoms with Gasteiger partial charge in [-0.05, 0) is 17.7 Å². The highest BCUT2D eigenvalue weighted by molar-refractivity contribution is 5.99. The van der Waals surface area contributed by atoms with Gasteiger partial charge in [0.1, 0.15) is 6.10 Å². The average molecular weight is 214 g/mol. The number of rotatable bonds is 3. The van der Waals surface area contributed by atoms with Crippen molar-refractivity contribution in [3.63, 3.8) is 0 Å². The molecule has 0 amide bonds. The van der Waals surface area contributed by atoms with Crippen molar-refractivity contribution < 1.29 is 13.9 Å². The van der Waals surface area contributed by atoms with Crippen molar-refractivity contribution in [1.29, 1.82) is 0 Å². The number of ketones is 1. The van der Waals surface area contributed by atoms with Crippen LogP contribution in [0.1, 0.15) is 22.2 Å². The minimum Gasteiger partial charge on any atom is -0.461 e. The van der Waals surface area contributed by atoms with E-state index in [4.69, 9.17) is 9.15 Å². The molecule has 1 saturated heterocycles. The van der Waals surface area contributed by atoms with Crippen LogP contribution in [-0.4, -0.2) is 11.9 Å². The van der Waals surface area contributed by atoms with Gasteiger partial charge in [-0.15, -0.1) is 0 Å². The van der Waals surface area contributed by atoms with Gasteiger partial charge in [-0.3, -0.25) is 4.79 Å². The SMILES string of the molecule is O=C(c1ccco1)[C@H]1O[C@@H]1c1ccccc1. The third-order valence-corrected chi connectivity index (χ3v) is 2.64. The van der Waals surface area contributed by atoms with Crippen LogP contribution in [0, 0.1) is 0 Å². The Hall–Kier alpha value is -1.87. The third-order valence-electron chi connectivity index (χ3n) is 2.64. The summed E-state index contributed by atoms with van der Waals surface area (Å²) in [5, 5.41) is 0. The first-order valence-corrected chi connectivity index (χ1v) is 5.14. The lowest BCUT2D eigenvalue weighted by atomic mass is 10.1. The maximum atomic E-state index is 11.8. The number of carbonyl (C=O) groups is 1. The number of hydrogen-bond acceptors (Lipinski definition) is 3. The third kappa shape index (κ3) is 1.55. The first-order valence-electron chi connectivity index (χ1n) is 5.14. The molecule has 1 aliphatic heterocycles. The van der Waals surface area contributed by atoms with E-state index in [2.05, 4.69) is 0 Å². The van der Waals surface area contributed by atoms with Crippen LogP contribution in [0.15, 0.2) is 53.1 Å². The van der Waals surface area contributed by atoms with Gasteiger partial charge in [0, 0.05) is 0 Å². The Bertz CT molecular complexity index is 487. The second-order valence-corrected chi connectivity index (χ2v) is 3.73. The van der Waals surface area contributed by atoms with E-state index in [1.54, 1.807) is 12.1 Å². The molecule has 0 unspecified atom stereocenters. The second kappa shape index (κ2) is 3.61. The molecule has 1 fully saturated rings. The quantitative estimate of drug-likeness (QED) is 0.582. The standard InChI is InChI=1S/C13H10O3/c14-11(10-7-4-8-15-10)13-12(16-13)9-5-2-1-3-6-9/h1-8,12-13H/t12-,13-/m1/s1. The van der Waals surface area contributed by atoms with E-state index in [0.717, 1.165) is 5.56 Å². The largest absolute Gasteiger partial charge is 0.461 e. The lowest BCUT2D eigenvalue weighted by molar-refractivity contribution is 0.0926. The van der Waals surface area contributed by atoms with Crippen LogP contribution in [0.25, 0.3) is 0 Å². The number of furan rings is 1. The van der Waals surface area contributed by atoms with Gasteiger partial charge in [-0.2, -0.15) is 0 Å². The van der Waals surface area contributed by atoms with Crippen molar-refractivity contribution in [1.82, 2.24) is 0 Å². The fraction of sp³-hybridized carbons (Fsp3) is 0.154. The predicted octanol–water partition coefficient (Wildman–Crippen LogP) is 2.60. The Labute approximate surface area is 92.6 Å². The Morgan fingerprint density at radius 1 is 1.06 bits per heavy atom. The van der Waals surface area contributed by atoms with E-state index >= 15 is 0 Å². The number of epoxide rings is 1. The smallest absolute Gasteiger partial charge is 0.229 e. The van der Waals surface area contributed by atoms with Crippen LogP contribution in [-0.2, 0) is 4.74 Å². The van der Waals surface area contributed by atoms with E-state index in [-0.39, 0.29) is 18.0 Å². The molecule has 2 atom stereocenters. The molecule has 0 radical (unpaired) electrons. The van der Waals surface area contributed by atoms with E-state index in [0.29, 0.717) is 5.76 Å². The molecule has 1 aromatic heterocycles. The van der Waals surface area contributed by atoms with Crippen molar-refractivity contribution in [3.8, 4) is 0 Å². The molecule has 1 aromatic carbocycles. The normalized spacial score (nSPS) is 23.0. The summed E-state index contributed by atoms with van der Waals surface area (Å²) >= 11 is 0. The van der Waals surface area contributed by atoms with E-state index in [9.17, 15) is 4.79 Å².